The second-order valence-electron chi connectivity index (χ2n) is 4.37. The Labute approximate surface area is 99.6 Å². The monoisotopic (exact) mass is 239 g/mol. The predicted octanol–water partition coefficient (Wildman–Crippen LogP) is -0.0601. The van der Waals surface area contributed by atoms with Gasteiger partial charge in [-0.15, -0.1) is 0 Å². The molecule has 0 bridgehead atoms. The fourth-order valence-corrected chi connectivity index (χ4v) is 2.05. The van der Waals surface area contributed by atoms with Crippen molar-refractivity contribution in [1.29, 1.82) is 0 Å². The third kappa shape index (κ3) is 2.48. The fourth-order valence-electron chi connectivity index (χ4n) is 2.05. The molecule has 1 fully saturated rings. The van der Waals surface area contributed by atoms with Crippen molar-refractivity contribution >= 4 is 5.91 Å². The van der Waals surface area contributed by atoms with Crippen molar-refractivity contribution in [3.63, 3.8) is 0 Å². The number of aromatic amines is 1. The average Bonchev–Trinajstić information content (AvgIpc) is 2.73. The standard InChI is InChI=1S/C11H17N3O3/c1-7-4-14(5-9(6-15)17-7)11(16)10-3-12-13-8(10)2/h3,7,9,15H,4-6H2,1-2H3,(H,12,13). The van der Waals surface area contributed by atoms with Gasteiger partial charge in [-0.05, 0) is 13.8 Å². The second kappa shape index (κ2) is 4.85. The van der Waals surface area contributed by atoms with Gasteiger partial charge in [0.1, 0.15) is 0 Å². The Bertz CT molecular complexity index is 404. The highest BCUT2D eigenvalue weighted by Gasteiger charge is 2.29. The molecule has 94 valence electrons. The maximum atomic E-state index is 12.2. The van der Waals surface area contributed by atoms with Gasteiger partial charge in [-0.25, -0.2) is 0 Å². The number of carbonyl (C=O) groups excluding carboxylic acids is 1. The number of hydrogen-bond acceptors (Lipinski definition) is 4. The summed E-state index contributed by atoms with van der Waals surface area (Å²) in [6.07, 6.45) is 1.18. The molecular weight excluding hydrogens is 222 g/mol. The number of morpholine rings is 1. The third-order valence-corrected chi connectivity index (χ3v) is 2.88. The molecule has 17 heavy (non-hydrogen) atoms. The first-order valence-electron chi connectivity index (χ1n) is 5.67. The summed E-state index contributed by atoms with van der Waals surface area (Å²) in [7, 11) is 0. The van der Waals surface area contributed by atoms with E-state index in [4.69, 9.17) is 9.84 Å². The summed E-state index contributed by atoms with van der Waals surface area (Å²) in [6.45, 7) is 4.60. The highest BCUT2D eigenvalue weighted by molar-refractivity contribution is 5.95. The Hall–Kier alpha value is -1.40. The summed E-state index contributed by atoms with van der Waals surface area (Å²) in [4.78, 5) is 13.9. The van der Waals surface area contributed by atoms with Gasteiger partial charge >= 0.3 is 0 Å². The number of aliphatic hydroxyl groups excluding tert-OH is 1. The lowest BCUT2D eigenvalue weighted by molar-refractivity contribution is -0.0858. The number of aromatic nitrogens is 2. The van der Waals surface area contributed by atoms with E-state index in [9.17, 15) is 4.79 Å². The number of H-pyrrole nitrogens is 1. The zero-order valence-corrected chi connectivity index (χ0v) is 10.0. The summed E-state index contributed by atoms with van der Waals surface area (Å²) in [6, 6.07) is 0. The summed E-state index contributed by atoms with van der Waals surface area (Å²) < 4.78 is 5.50. The van der Waals surface area contributed by atoms with Crippen molar-refractivity contribution in [3.05, 3.63) is 17.5 Å². The molecule has 2 heterocycles. The van der Waals surface area contributed by atoms with Crippen molar-refractivity contribution in [2.75, 3.05) is 19.7 Å². The van der Waals surface area contributed by atoms with Gasteiger partial charge in [0, 0.05) is 18.8 Å². The van der Waals surface area contributed by atoms with E-state index < -0.39 is 0 Å². The van der Waals surface area contributed by atoms with Crippen LogP contribution < -0.4 is 0 Å². The summed E-state index contributed by atoms with van der Waals surface area (Å²) >= 11 is 0. The van der Waals surface area contributed by atoms with Gasteiger partial charge in [0.15, 0.2) is 0 Å². The molecule has 2 N–H and O–H groups in total. The number of hydrogen-bond donors (Lipinski definition) is 2. The minimum absolute atomic E-state index is 0.0583. The lowest BCUT2D eigenvalue weighted by Gasteiger charge is -2.36. The van der Waals surface area contributed by atoms with Gasteiger partial charge in [0.2, 0.25) is 0 Å². The van der Waals surface area contributed by atoms with E-state index in [0.717, 1.165) is 5.69 Å². The van der Waals surface area contributed by atoms with E-state index in [1.54, 1.807) is 4.90 Å². The molecule has 1 amide bonds. The second-order valence-corrected chi connectivity index (χ2v) is 4.37. The zero-order valence-electron chi connectivity index (χ0n) is 10.0. The van der Waals surface area contributed by atoms with Crippen LogP contribution in [-0.2, 0) is 4.74 Å². The number of nitrogens with one attached hydrogen (secondary N) is 1. The van der Waals surface area contributed by atoms with Crippen LogP contribution in [0.3, 0.4) is 0 Å². The number of aliphatic hydroxyl groups is 1. The molecule has 1 aliphatic rings. The molecule has 0 saturated carbocycles. The van der Waals surface area contributed by atoms with Crippen LogP contribution in [0.25, 0.3) is 0 Å². The number of aryl methyl sites for hydroxylation is 1. The molecule has 0 aromatic carbocycles. The van der Waals surface area contributed by atoms with Crippen molar-refractivity contribution in [2.45, 2.75) is 26.1 Å². The first kappa shape index (κ1) is 12.1. The molecule has 1 aromatic rings. The first-order valence-corrected chi connectivity index (χ1v) is 5.67. The van der Waals surface area contributed by atoms with Crippen molar-refractivity contribution in [3.8, 4) is 0 Å². The van der Waals surface area contributed by atoms with E-state index in [0.29, 0.717) is 18.7 Å². The predicted molar refractivity (Wildman–Crippen MR) is 60.6 cm³/mol. The van der Waals surface area contributed by atoms with Crippen LogP contribution in [0, 0.1) is 6.92 Å². The maximum absolute atomic E-state index is 12.2. The lowest BCUT2D eigenvalue weighted by Crippen LogP contribution is -2.50. The molecule has 6 heteroatoms. The maximum Gasteiger partial charge on any atom is 0.257 e. The Morgan fingerprint density at radius 3 is 3.06 bits per heavy atom. The van der Waals surface area contributed by atoms with E-state index in [-0.39, 0.29) is 24.7 Å². The number of carbonyl (C=O) groups is 1. The molecule has 0 spiro atoms. The normalized spacial score (nSPS) is 25.0. The van der Waals surface area contributed by atoms with Crippen LogP contribution in [0.5, 0.6) is 0 Å². The zero-order chi connectivity index (χ0) is 12.4. The highest BCUT2D eigenvalue weighted by Crippen LogP contribution is 2.15. The largest absolute Gasteiger partial charge is 0.394 e. The summed E-state index contributed by atoms with van der Waals surface area (Å²) in [5, 5.41) is 15.7. The molecule has 1 aromatic heterocycles. The Morgan fingerprint density at radius 2 is 2.47 bits per heavy atom. The molecule has 6 nitrogen and oxygen atoms in total. The molecular formula is C11H17N3O3. The Balaban J connectivity index is 2.11. The minimum Gasteiger partial charge on any atom is -0.394 e. The SMILES string of the molecule is Cc1[nH]ncc1C(=O)N1CC(C)OC(CO)C1. The summed E-state index contributed by atoms with van der Waals surface area (Å²) in [5.74, 6) is -0.0650. The molecule has 0 radical (unpaired) electrons. The van der Waals surface area contributed by atoms with Gasteiger partial charge in [-0.3, -0.25) is 9.89 Å². The van der Waals surface area contributed by atoms with E-state index in [1.165, 1.54) is 6.20 Å². The lowest BCUT2D eigenvalue weighted by atomic mass is 10.1. The topological polar surface area (TPSA) is 78.5 Å². The van der Waals surface area contributed by atoms with Gasteiger partial charge < -0.3 is 14.7 Å². The van der Waals surface area contributed by atoms with Crippen LogP contribution in [0.15, 0.2) is 6.20 Å². The molecule has 1 aliphatic heterocycles. The van der Waals surface area contributed by atoms with Gasteiger partial charge in [0.25, 0.3) is 5.91 Å². The quantitative estimate of drug-likeness (QED) is 0.758. The van der Waals surface area contributed by atoms with Crippen LogP contribution >= 0.6 is 0 Å². The van der Waals surface area contributed by atoms with E-state index >= 15 is 0 Å². The van der Waals surface area contributed by atoms with Crippen molar-refractivity contribution in [2.24, 2.45) is 0 Å². The molecule has 1 saturated heterocycles. The third-order valence-electron chi connectivity index (χ3n) is 2.88. The number of nitrogens with zero attached hydrogens (tertiary/aromatic N) is 2. The van der Waals surface area contributed by atoms with Crippen molar-refractivity contribution in [1.82, 2.24) is 15.1 Å². The minimum atomic E-state index is -0.296. The Morgan fingerprint density at radius 1 is 1.71 bits per heavy atom. The smallest absolute Gasteiger partial charge is 0.257 e. The number of amides is 1. The van der Waals surface area contributed by atoms with Gasteiger partial charge in [0.05, 0.1) is 30.6 Å². The Kier molecular flexibility index (Phi) is 3.44. The van der Waals surface area contributed by atoms with E-state index in [2.05, 4.69) is 10.2 Å². The average molecular weight is 239 g/mol. The van der Waals surface area contributed by atoms with Crippen molar-refractivity contribution < 1.29 is 14.6 Å². The van der Waals surface area contributed by atoms with E-state index in [1.807, 2.05) is 13.8 Å². The molecule has 2 atom stereocenters. The fraction of sp³-hybridized carbons (Fsp3) is 0.636. The number of ether oxygens (including phenoxy) is 1. The van der Waals surface area contributed by atoms with Gasteiger partial charge in [-0.2, -0.15) is 5.10 Å². The first-order chi connectivity index (χ1) is 8.11. The van der Waals surface area contributed by atoms with Gasteiger partial charge in [-0.1, -0.05) is 0 Å². The summed E-state index contributed by atoms with van der Waals surface area (Å²) in [5.41, 5.74) is 1.34. The highest BCUT2D eigenvalue weighted by atomic mass is 16.5. The molecule has 2 rings (SSSR count). The van der Waals surface area contributed by atoms with Crippen LogP contribution in [-0.4, -0.2) is 58.0 Å². The molecule has 0 aliphatic carbocycles. The van der Waals surface area contributed by atoms with Crippen LogP contribution in [0.1, 0.15) is 23.0 Å². The molecule has 2 unspecified atom stereocenters. The number of rotatable bonds is 2. The van der Waals surface area contributed by atoms with Crippen LogP contribution in [0.2, 0.25) is 0 Å². The van der Waals surface area contributed by atoms with Crippen LogP contribution in [0.4, 0.5) is 0 Å².